The second-order valence-electron chi connectivity index (χ2n) is 4.77. The maximum atomic E-state index is 13.2. The standard InChI is InChI=1S/C13H11ClFN3O2/c14-9-6-8(4-5-10(9)15)18-12(7-2-1-3-7)11(13(19)20)16-17-18/h4-7H,1-3H2,(H,19,20). The molecule has 1 aromatic heterocycles. The molecule has 1 N–H and O–H groups in total. The predicted octanol–water partition coefficient (Wildman–Crippen LogP) is 3.03. The molecular weight excluding hydrogens is 285 g/mol. The van der Waals surface area contributed by atoms with E-state index in [1.165, 1.54) is 22.9 Å². The lowest BCUT2D eigenvalue weighted by Gasteiger charge is -2.26. The summed E-state index contributed by atoms with van der Waals surface area (Å²) >= 11 is 5.76. The quantitative estimate of drug-likeness (QED) is 0.945. The first kappa shape index (κ1) is 13.1. The molecule has 0 bridgehead atoms. The molecule has 20 heavy (non-hydrogen) atoms. The van der Waals surface area contributed by atoms with Gasteiger partial charge in [0.05, 0.1) is 16.4 Å². The van der Waals surface area contributed by atoms with Gasteiger partial charge in [-0.2, -0.15) is 0 Å². The zero-order valence-corrected chi connectivity index (χ0v) is 11.1. The molecule has 104 valence electrons. The topological polar surface area (TPSA) is 68.0 Å². The number of carbonyl (C=O) groups is 1. The van der Waals surface area contributed by atoms with Gasteiger partial charge in [-0.25, -0.2) is 13.9 Å². The van der Waals surface area contributed by atoms with Gasteiger partial charge in [-0.05, 0) is 31.0 Å². The number of hydrogen-bond donors (Lipinski definition) is 1. The number of aromatic carboxylic acids is 1. The fraction of sp³-hybridized carbons (Fsp3) is 0.308. The Morgan fingerprint density at radius 1 is 1.45 bits per heavy atom. The van der Waals surface area contributed by atoms with E-state index in [1.54, 1.807) is 0 Å². The number of halogens is 2. The molecule has 1 saturated carbocycles. The van der Waals surface area contributed by atoms with E-state index >= 15 is 0 Å². The van der Waals surface area contributed by atoms with Crippen molar-refractivity contribution in [3.63, 3.8) is 0 Å². The molecule has 0 spiro atoms. The van der Waals surface area contributed by atoms with Crippen LogP contribution in [0.4, 0.5) is 4.39 Å². The van der Waals surface area contributed by atoms with Gasteiger partial charge in [0.25, 0.3) is 0 Å². The van der Waals surface area contributed by atoms with E-state index < -0.39 is 11.8 Å². The van der Waals surface area contributed by atoms with Crippen LogP contribution >= 0.6 is 11.6 Å². The van der Waals surface area contributed by atoms with Crippen LogP contribution in [0.3, 0.4) is 0 Å². The monoisotopic (exact) mass is 295 g/mol. The molecule has 1 aliphatic rings. The van der Waals surface area contributed by atoms with Crippen molar-refractivity contribution >= 4 is 17.6 Å². The van der Waals surface area contributed by atoms with E-state index in [2.05, 4.69) is 10.3 Å². The second-order valence-corrected chi connectivity index (χ2v) is 5.17. The van der Waals surface area contributed by atoms with Crippen LogP contribution in [0, 0.1) is 5.82 Å². The van der Waals surface area contributed by atoms with E-state index in [9.17, 15) is 14.3 Å². The summed E-state index contributed by atoms with van der Waals surface area (Å²) in [4.78, 5) is 11.2. The molecule has 2 aromatic rings. The van der Waals surface area contributed by atoms with Crippen molar-refractivity contribution in [2.75, 3.05) is 0 Å². The van der Waals surface area contributed by atoms with Gasteiger partial charge in [0.15, 0.2) is 5.69 Å². The summed E-state index contributed by atoms with van der Waals surface area (Å²) in [5.74, 6) is -1.51. The van der Waals surface area contributed by atoms with E-state index in [1.807, 2.05) is 0 Å². The third-order valence-corrected chi connectivity index (χ3v) is 3.84. The number of rotatable bonds is 3. The zero-order chi connectivity index (χ0) is 14.3. The molecule has 1 aliphatic carbocycles. The maximum absolute atomic E-state index is 13.2. The highest BCUT2D eigenvalue weighted by Gasteiger charge is 2.31. The summed E-state index contributed by atoms with van der Waals surface area (Å²) in [5.41, 5.74) is 1.03. The van der Waals surface area contributed by atoms with Crippen molar-refractivity contribution in [3.05, 3.63) is 40.4 Å². The predicted molar refractivity (Wildman–Crippen MR) is 69.9 cm³/mol. The first-order valence-corrected chi connectivity index (χ1v) is 6.60. The number of nitrogens with zero attached hydrogens (tertiary/aromatic N) is 3. The molecular formula is C13H11ClFN3O2. The van der Waals surface area contributed by atoms with Crippen molar-refractivity contribution in [2.24, 2.45) is 0 Å². The molecule has 0 aliphatic heterocycles. The van der Waals surface area contributed by atoms with Gasteiger partial charge in [-0.15, -0.1) is 5.10 Å². The van der Waals surface area contributed by atoms with Crippen molar-refractivity contribution in [1.29, 1.82) is 0 Å². The van der Waals surface area contributed by atoms with Crippen LogP contribution in [0.15, 0.2) is 18.2 Å². The fourth-order valence-electron chi connectivity index (χ4n) is 2.30. The minimum Gasteiger partial charge on any atom is -0.476 e. The largest absolute Gasteiger partial charge is 0.476 e. The lowest BCUT2D eigenvalue weighted by Crippen LogP contribution is -2.17. The fourth-order valence-corrected chi connectivity index (χ4v) is 2.47. The van der Waals surface area contributed by atoms with Crippen molar-refractivity contribution < 1.29 is 14.3 Å². The van der Waals surface area contributed by atoms with Gasteiger partial charge >= 0.3 is 5.97 Å². The highest BCUT2D eigenvalue weighted by Crippen LogP contribution is 2.38. The smallest absolute Gasteiger partial charge is 0.358 e. The molecule has 1 aromatic carbocycles. The average molecular weight is 296 g/mol. The SMILES string of the molecule is O=C(O)c1nnn(-c2ccc(F)c(Cl)c2)c1C1CCC1. The Morgan fingerprint density at radius 2 is 2.20 bits per heavy atom. The number of hydrogen-bond acceptors (Lipinski definition) is 3. The lowest BCUT2D eigenvalue weighted by molar-refractivity contribution is 0.0687. The molecule has 5 nitrogen and oxygen atoms in total. The molecule has 0 atom stereocenters. The molecule has 7 heteroatoms. The van der Waals surface area contributed by atoms with Crippen molar-refractivity contribution in [3.8, 4) is 5.69 Å². The Bertz CT molecular complexity index is 682. The Kier molecular flexibility index (Phi) is 3.17. The summed E-state index contributed by atoms with van der Waals surface area (Å²) in [7, 11) is 0. The second kappa shape index (κ2) is 4.86. The highest BCUT2D eigenvalue weighted by molar-refractivity contribution is 6.30. The van der Waals surface area contributed by atoms with Crippen molar-refractivity contribution in [2.45, 2.75) is 25.2 Å². The summed E-state index contributed by atoms with van der Waals surface area (Å²) in [5, 5.41) is 16.8. The lowest BCUT2D eigenvalue weighted by atomic mass is 9.82. The minimum absolute atomic E-state index is 0.0329. The highest BCUT2D eigenvalue weighted by atomic mass is 35.5. The van der Waals surface area contributed by atoms with Crippen LogP contribution < -0.4 is 0 Å². The van der Waals surface area contributed by atoms with E-state index in [4.69, 9.17) is 11.6 Å². The first-order chi connectivity index (χ1) is 9.58. The third kappa shape index (κ3) is 2.06. The number of benzene rings is 1. The molecule has 0 amide bonds. The summed E-state index contributed by atoms with van der Waals surface area (Å²) in [6.45, 7) is 0. The summed E-state index contributed by atoms with van der Waals surface area (Å²) in [6.07, 6.45) is 2.87. The Balaban J connectivity index is 2.12. The first-order valence-electron chi connectivity index (χ1n) is 6.22. The van der Waals surface area contributed by atoms with E-state index in [-0.39, 0.29) is 16.6 Å². The van der Waals surface area contributed by atoms with Crippen LogP contribution in [0.25, 0.3) is 5.69 Å². The molecule has 0 saturated heterocycles. The van der Waals surface area contributed by atoms with Gasteiger partial charge in [0.1, 0.15) is 5.82 Å². The molecule has 3 rings (SSSR count). The average Bonchev–Trinajstić information content (AvgIpc) is 2.75. The van der Waals surface area contributed by atoms with Crippen LogP contribution in [-0.4, -0.2) is 26.1 Å². The van der Waals surface area contributed by atoms with Crippen LogP contribution in [-0.2, 0) is 0 Å². The van der Waals surface area contributed by atoms with Gasteiger partial charge in [-0.3, -0.25) is 0 Å². The van der Waals surface area contributed by atoms with Gasteiger partial charge in [0.2, 0.25) is 0 Å². The number of carboxylic acids is 1. The maximum Gasteiger partial charge on any atom is 0.358 e. The number of aromatic nitrogens is 3. The van der Waals surface area contributed by atoms with Gasteiger partial charge in [0, 0.05) is 5.92 Å². The van der Waals surface area contributed by atoms with Crippen LogP contribution in [0.2, 0.25) is 5.02 Å². The number of carboxylic acid groups (broad SMARTS) is 1. The van der Waals surface area contributed by atoms with E-state index in [0.29, 0.717) is 11.4 Å². The molecule has 1 heterocycles. The summed E-state index contributed by atoms with van der Waals surface area (Å²) < 4.78 is 14.7. The Hall–Kier alpha value is -1.95. The molecule has 0 radical (unpaired) electrons. The summed E-state index contributed by atoms with van der Waals surface area (Å²) in [6, 6.07) is 4.15. The molecule has 1 fully saturated rings. The Morgan fingerprint density at radius 3 is 2.75 bits per heavy atom. The zero-order valence-electron chi connectivity index (χ0n) is 10.4. The minimum atomic E-state index is -1.11. The molecule has 0 unspecified atom stereocenters. The van der Waals surface area contributed by atoms with Crippen LogP contribution in [0.5, 0.6) is 0 Å². The van der Waals surface area contributed by atoms with Crippen molar-refractivity contribution in [1.82, 2.24) is 15.0 Å². The van der Waals surface area contributed by atoms with Gasteiger partial charge < -0.3 is 5.11 Å². The Labute approximate surface area is 119 Å². The third-order valence-electron chi connectivity index (χ3n) is 3.55. The van der Waals surface area contributed by atoms with Crippen LogP contribution in [0.1, 0.15) is 41.4 Å². The normalized spacial score (nSPS) is 15.1. The van der Waals surface area contributed by atoms with E-state index in [0.717, 1.165) is 19.3 Å². The van der Waals surface area contributed by atoms with Gasteiger partial charge in [-0.1, -0.05) is 23.2 Å².